The summed E-state index contributed by atoms with van der Waals surface area (Å²) in [6, 6.07) is 9.45. The zero-order valence-corrected chi connectivity index (χ0v) is 14.6. The molecule has 0 saturated carbocycles. The Balaban J connectivity index is 1.93. The Bertz CT molecular complexity index is 716. The molecule has 0 heterocycles. The lowest BCUT2D eigenvalue weighted by Crippen LogP contribution is -2.53. The van der Waals surface area contributed by atoms with Crippen molar-refractivity contribution < 1.29 is 19.6 Å². The number of rotatable bonds is 7. The van der Waals surface area contributed by atoms with Crippen LogP contribution >= 0.6 is 0 Å². The van der Waals surface area contributed by atoms with Gasteiger partial charge in [0.05, 0.1) is 5.54 Å². The van der Waals surface area contributed by atoms with Crippen LogP contribution < -0.4 is 10.6 Å². The van der Waals surface area contributed by atoms with E-state index in [1.807, 2.05) is 37.3 Å². The van der Waals surface area contributed by atoms with Crippen LogP contribution in [0.1, 0.15) is 18.9 Å². The first-order chi connectivity index (χ1) is 12.5. The van der Waals surface area contributed by atoms with Crippen molar-refractivity contribution in [2.45, 2.75) is 31.2 Å². The number of allylic oxidation sites excluding steroid dienone is 2. The summed E-state index contributed by atoms with van der Waals surface area (Å²) in [5.74, 6) is -1.53. The second-order valence-electron chi connectivity index (χ2n) is 6.10. The normalized spacial score (nSPS) is 21.6. The highest BCUT2D eigenvalue weighted by Gasteiger charge is 2.42. The van der Waals surface area contributed by atoms with Crippen molar-refractivity contribution in [2.24, 2.45) is 0 Å². The van der Waals surface area contributed by atoms with Gasteiger partial charge in [0.2, 0.25) is 11.8 Å². The second-order valence-corrected chi connectivity index (χ2v) is 6.10. The molecule has 7 heteroatoms. The van der Waals surface area contributed by atoms with E-state index in [1.54, 1.807) is 24.3 Å². The van der Waals surface area contributed by atoms with Gasteiger partial charge in [-0.1, -0.05) is 61.6 Å². The standard InChI is InChI=1S/C19H23BN2O4/c1-2-19(13-7-6-10-16(19)20(25)26)22-18(24)12-11-17(23)21-14-15-8-4-3-5-9-15/h3-13,16,25-26H,2,14H2,1H3,(H,21,23)(H,22,24)/b12-11+. The smallest absolute Gasteiger partial charge is 0.427 e. The van der Waals surface area contributed by atoms with Crippen LogP contribution in [0.3, 0.4) is 0 Å². The van der Waals surface area contributed by atoms with Crippen LogP contribution in [0, 0.1) is 0 Å². The molecule has 0 aromatic heterocycles. The fourth-order valence-electron chi connectivity index (χ4n) is 2.89. The molecule has 0 fully saturated rings. The summed E-state index contributed by atoms with van der Waals surface area (Å²) >= 11 is 0. The van der Waals surface area contributed by atoms with Crippen LogP contribution in [0.25, 0.3) is 0 Å². The number of hydrogen-bond acceptors (Lipinski definition) is 4. The van der Waals surface area contributed by atoms with Crippen LogP contribution in [0.5, 0.6) is 0 Å². The van der Waals surface area contributed by atoms with E-state index in [1.165, 1.54) is 0 Å². The third kappa shape index (κ3) is 5.18. The Hall–Kier alpha value is -2.64. The molecule has 0 aliphatic heterocycles. The van der Waals surface area contributed by atoms with Gasteiger partial charge in [-0.25, -0.2) is 0 Å². The molecule has 0 bridgehead atoms. The molecular weight excluding hydrogens is 331 g/mol. The van der Waals surface area contributed by atoms with Crippen molar-refractivity contribution >= 4 is 18.9 Å². The minimum Gasteiger partial charge on any atom is -0.427 e. The second kappa shape index (κ2) is 9.17. The van der Waals surface area contributed by atoms with Gasteiger partial charge in [0.15, 0.2) is 0 Å². The van der Waals surface area contributed by atoms with E-state index in [0.29, 0.717) is 13.0 Å². The molecule has 0 radical (unpaired) electrons. The third-order valence-electron chi connectivity index (χ3n) is 4.38. The maximum Gasteiger partial charge on any atom is 0.461 e. The van der Waals surface area contributed by atoms with Crippen molar-refractivity contribution in [2.75, 3.05) is 0 Å². The molecule has 1 aliphatic rings. The van der Waals surface area contributed by atoms with E-state index in [4.69, 9.17) is 0 Å². The topological polar surface area (TPSA) is 98.7 Å². The van der Waals surface area contributed by atoms with Gasteiger partial charge in [0.1, 0.15) is 0 Å². The number of hydrogen-bond donors (Lipinski definition) is 4. The van der Waals surface area contributed by atoms with E-state index in [0.717, 1.165) is 17.7 Å². The first kappa shape index (κ1) is 19.7. The van der Waals surface area contributed by atoms with Gasteiger partial charge in [-0.3, -0.25) is 9.59 Å². The Morgan fingerprint density at radius 2 is 1.85 bits per heavy atom. The Labute approximate surface area is 153 Å². The quantitative estimate of drug-likeness (QED) is 0.435. The third-order valence-corrected chi connectivity index (χ3v) is 4.38. The SMILES string of the molecule is CCC1(NC(=O)/C=C/C(=O)NCc2ccccc2)C=CC=CC1B(O)O. The molecule has 0 spiro atoms. The summed E-state index contributed by atoms with van der Waals surface area (Å²) in [4.78, 5) is 24.1. The molecule has 136 valence electrons. The zero-order valence-electron chi connectivity index (χ0n) is 14.6. The van der Waals surface area contributed by atoms with Crippen LogP contribution in [0.4, 0.5) is 0 Å². The van der Waals surface area contributed by atoms with Crippen molar-refractivity contribution in [3.05, 3.63) is 72.4 Å². The monoisotopic (exact) mass is 354 g/mol. The molecule has 2 amide bonds. The van der Waals surface area contributed by atoms with Crippen LogP contribution in [-0.2, 0) is 16.1 Å². The number of amides is 2. The molecule has 6 nitrogen and oxygen atoms in total. The van der Waals surface area contributed by atoms with Crippen molar-refractivity contribution in [1.29, 1.82) is 0 Å². The number of carbonyl (C=O) groups is 2. The average Bonchev–Trinajstić information content (AvgIpc) is 2.65. The fraction of sp³-hybridized carbons (Fsp3) is 0.263. The molecule has 2 unspecified atom stereocenters. The number of nitrogens with one attached hydrogen (secondary N) is 2. The first-order valence-electron chi connectivity index (χ1n) is 8.51. The van der Waals surface area contributed by atoms with Crippen molar-refractivity contribution in [3.63, 3.8) is 0 Å². The summed E-state index contributed by atoms with van der Waals surface area (Å²) in [7, 11) is -1.60. The lowest BCUT2D eigenvalue weighted by Gasteiger charge is -2.38. The largest absolute Gasteiger partial charge is 0.461 e. The molecule has 1 aliphatic carbocycles. The maximum absolute atomic E-state index is 12.2. The minimum atomic E-state index is -1.60. The van der Waals surface area contributed by atoms with Gasteiger partial charge >= 0.3 is 7.12 Å². The fourth-order valence-corrected chi connectivity index (χ4v) is 2.89. The van der Waals surface area contributed by atoms with Crippen molar-refractivity contribution in [1.82, 2.24) is 10.6 Å². The summed E-state index contributed by atoms with van der Waals surface area (Å²) in [6.07, 6.45) is 9.61. The maximum atomic E-state index is 12.2. The van der Waals surface area contributed by atoms with Gasteiger partial charge in [-0.2, -0.15) is 0 Å². The molecule has 1 aromatic rings. The van der Waals surface area contributed by atoms with Crippen LogP contribution in [0.2, 0.25) is 5.82 Å². The first-order valence-corrected chi connectivity index (χ1v) is 8.51. The predicted octanol–water partition coefficient (Wildman–Crippen LogP) is 1.09. The molecule has 0 saturated heterocycles. The predicted molar refractivity (Wildman–Crippen MR) is 101 cm³/mol. The Morgan fingerprint density at radius 1 is 1.15 bits per heavy atom. The Morgan fingerprint density at radius 3 is 2.50 bits per heavy atom. The highest BCUT2D eigenvalue weighted by molar-refractivity contribution is 6.44. The lowest BCUT2D eigenvalue weighted by molar-refractivity contribution is -0.119. The minimum absolute atomic E-state index is 0.372. The van der Waals surface area contributed by atoms with E-state index >= 15 is 0 Å². The van der Waals surface area contributed by atoms with Gasteiger partial charge < -0.3 is 20.7 Å². The molecule has 1 aromatic carbocycles. The highest BCUT2D eigenvalue weighted by Crippen LogP contribution is 2.33. The average molecular weight is 354 g/mol. The summed E-state index contributed by atoms with van der Waals surface area (Å²) < 4.78 is 0. The highest BCUT2D eigenvalue weighted by atomic mass is 16.4. The van der Waals surface area contributed by atoms with Crippen LogP contribution in [0.15, 0.2) is 66.8 Å². The van der Waals surface area contributed by atoms with E-state index in [9.17, 15) is 19.6 Å². The Kier molecular flexibility index (Phi) is 6.94. The van der Waals surface area contributed by atoms with Gasteiger partial charge in [-0.15, -0.1) is 0 Å². The summed E-state index contributed by atoms with van der Waals surface area (Å²) in [5.41, 5.74) is 0.0488. The van der Waals surface area contributed by atoms with Gasteiger partial charge in [-0.05, 0) is 12.0 Å². The van der Waals surface area contributed by atoms with E-state index in [-0.39, 0.29) is 5.91 Å². The number of benzene rings is 1. The number of carbonyl (C=O) groups excluding carboxylic acids is 2. The summed E-state index contributed by atoms with van der Waals surface area (Å²) in [5, 5.41) is 24.7. The van der Waals surface area contributed by atoms with Crippen LogP contribution in [-0.4, -0.2) is 34.5 Å². The molecule has 2 atom stereocenters. The molecular formula is C19H23BN2O4. The summed E-state index contributed by atoms with van der Waals surface area (Å²) in [6.45, 7) is 2.21. The van der Waals surface area contributed by atoms with Gasteiger partial charge in [0.25, 0.3) is 0 Å². The van der Waals surface area contributed by atoms with Gasteiger partial charge in [0, 0.05) is 24.5 Å². The molecule has 26 heavy (non-hydrogen) atoms. The lowest BCUT2D eigenvalue weighted by atomic mass is 9.59. The molecule has 4 N–H and O–H groups in total. The van der Waals surface area contributed by atoms with E-state index in [2.05, 4.69) is 10.6 Å². The van der Waals surface area contributed by atoms with E-state index < -0.39 is 24.4 Å². The van der Waals surface area contributed by atoms with Crippen molar-refractivity contribution in [3.8, 4) is 0 Å². The molecule has 2 rings (SSSR count). The zero-order chi connectivity index (χ0) is 19.0.